The number of rotatable bonds is 1. The molecule has 5 rings (SSSR count). The molecular weight excluding hydrogens is 443 g/mol. The number of hydrogen-bond donors (Lipinski definition) is 1. The molecule has 5 aliphatic carbocycles. The second-order valence-corrected chi connectivity index (χ2v) is 15.3. The van der Waals surface area contributed by atoms with E-state index >= 15 is 0 Å². The predicted octanol–water partition coefficient (Wildman–Crippen LogP) is 8.19. The Kier molecular flexibility index (Phi) is 6.94. The van der Waals surface area contributed by atoms with Gasteiger partial charge in [0.05, 0.1) is 5.41 Å². The molecule has 3 nitrogen and oxygen atoms in total. The van der Waals surface area contributed by atoms with E-state index in [2.05, 4.69) is 54.5 Å². The Morgan fingerprint density at radius 1 is 0.944 bits per heavy atom. The summed E-state index contributed by atoms with van der Waals surface area (Å²) in [5.74, 6) is 1.26. The number of carbonyl (C=O) groups is 2. The van der Waals surface area contributed by atoms with Crippen molar-refractivity contribution in [1.29, 1.82) is 0 Å². The summed E-state index contributed by atoms with van der Waals surface area (Å²) >= 11 is 0. The van der Waals surface area contributed by atoms with E-state index in [-0.39, 0.29) is 56.2 Å². The van der Waals surface area contributed by atoms with Crippen molar-refractivity contribution < 1.29 is 16.1 Å². The number of carbonyl (C=O) groups excluding carboxylic acids is 1. The van der Waals surface area contributed by atoms with Crippen molar-refractivity contribution >= 4 is 20.2 Å². The summed E-state index contributed by atoms with van der Waals surface area (Å²) < 4.78 is 0. The Morgan fingerprint density at radius 3 is 2.17 bits per heavy atom. The van der Waals surface area contributed by atoms with E-state index in [1.807, 2.05) is 6.92 Å². The maximum Gasteiger partial charge on any atom is 0.309 e. The van der Waals surface area contributed by atoms with Crippen LogP contribution in [0.4, 0.5) is 0 Å². The predicted molar refractivity (Wildman–Crippen MR) is 151 cm³/mol. The van der Waals surface area contributed by atoms with Crippen LogP contribution in [-0.2, 0) is 9.59 Å². The lowest BCUT2D eigenvalue weighted by molar-refractivity contribution is -0.192. The molecule has 4 heteroatoms. The van der Waals surface area contributed by atoms with E-state index < -0.39 is 11.4 Å². The summed E-state index contributed by atoms with van der Waals surface area (Å²) in [5, 5.41) is 10.1. The second kappa shape index (κ2) is 8.47. The normalized spacial score (nSPS) is 51.1. The van der Waals surface area contributed by atoms with Gasteiger partial charge in [0.2, 0.25) is 0 Å². The standard InChI is InChI=1S/C31H48O3.CH4.B.H2/c1-19-9-11-29(6)23(26(19,2)3)10-12-31(8)24(29)22(32)17-20-21-18-28(5,25(33)34)14-13-27(21,4)15-16-30(20,31)7;;;/h17,19,21,23-24H,9-16,18H2,1-8H3,(H,33,34);1H4;;1H/t19-,21-,23?,24?,27+,28-,29-,30?,31+;;;/m0.../s1/i;;;1+1. The lowest BCUT2D eigenvalue weighted by atomic mass is 9.33. The van der Waals surface area contributed by atoms with Gasteiger partial charge in [0, 0.05) is 15.8 Å². The van der Waals surface area contributed by atoms with Gasteiger partial charge >= 0.3 is 5.97 Å². The number of ketones is 1. The quantitative estimate of drug-likeness (QED) is 0.371. The van der Waals surface area contributed by atoms with Crippen LogP contribution in [0.15, 0.2) is 11.6 Å². The van der Waals surface area contributed by atoms with Gasteiger partial charge in [0.15, 0.2) is 5.78 Å². The Balaban J connectivity index is 0.00000160. The molecule has 0 heterocycles. The van der Waals surface area contributed by atoms with Gasteiger partial charge in [-0.1, -0.05) is 61.5 Å². The van der Waals surface area contributed by atoms with Crippen molar-refractivity contribution in [3.8, 4) is 0 Å². The Bertz CT molecular complexity index is 975. The fourth-order valence-corrected chi connectivity index (χ4v) is 10.6. The first kappa shape index (κ1) is 29.5. The van der Waals surface area contributed by atoms with Crippen LogP contribution >= 0.6 is 0 Å². The summed E-state index contributed by atoms with van der Waals surface area (Å²) in [5.41, 5.74) is 1.00. The number of allylic oxidation sites excluding steroid dienone is 2. The first-order valence-corrected chi connectivity index (χ1v) is 14.0. The molecule has 4 saturated carbocycles. The highest BCUT2D eigenvalue weighted by atomic mass is 16.4. The number of carboxylic acids is 1. The molecule has 0 saturated heterocycles. The Hall–Kier alpha value is -1.06. The molecular formula is C32H54BO3. The highest BCUT2D eigenvalue weighted by Gasteiger charge is 2.70. The fraction of sp³-hybridized carbons (Fsp3) is 0.875. The molecule has 0 aromatic heterocycles. The highest BCUT2D eigenvalue weighted by molar-refractivity contribution is 5.95. The molecule has 0 aliphatic heterocycles. The van der Waals surface area contributed by atoms with Crippen LogP contribution in [-0.4, -0.2) is 25.3 Å². The average Bonchev–Trinajstić information content (AvgIpc) is 2.73. The molecule has 1 N–H and O–H groups in total. The van der Waals surface area contributed by atoms with E-state index in [4.69, 9.17) is 0 Å². The van der Waals surface area contributed by atoms with E-state index in [1.165, 1.54) is 18.4 Å². The molecule has 5 aliphatic rings. The zero-order valence-corrected chi connectivity index (χ0v) is 23.6. The van der Waals surface area contributed by atoms with Crippen molar-refractivity contribution in [2.45, 2.75) is 121 Å². The molecule has 0 amide bonds. The van der Waals surface area contributed by atoms with Crippen molar-refractivity contribution in [2.75, 3.05) is 0 Å². The molecule has 36 heavy (non-hydrogen) atoms. The largest absolute Gasteiger partial charge is 0.481 e. The van der Waals surface area contributed by atoms with Crippen LogP contribution in [0.5, 0.6) is 0 Å². The lowest BCUT2D eigenvalue weighted by Gasteiger charge is -2.70. The van der Waals surface area contributed by atoms with Crippen molar-refractivity contribution in [3.05, 3.63) is 11.6 Å². The van der Waals surface area contributed by atoms with Crippen molar-refractivity contribution in [1.82, 2.24) is 0 Å². The van der Waals surface area contributed by atoms with Crippen molar-refractivity contribution in [2.24, 2.45) is 56.2 Å². The number of aliphatic carboxylic acids is 1. The molecule has 3 unspecified atom stereocenters. The van der Waals surface area contributed by atoms with E-state index in [0.29, 0.717) is 24.0 Å². The molecule has 0 spiro atoms. The first-order chi connectivity index (χ1) is 15.6. The smallest absolute Gasteiger partial charge is 0.309 e. The van der Waals surface area contributed by atoms with Gasteiger partial charge < -0.3 is 5.11 Å². The van der Waals surface area contributed by atoms with Gasteiger partial charge in [-0.3, -0.25) is 9.59 Å². The fourth-order valence-electron chi connectivity index (χ4n) is 10.6. The minimum Gasteiger partial charge on any atom is -0.481 e. The number of fused-ring (bicyclic) bond motifs is 7. The maximum atomic E-state index is 14.3. The van der Waals surface area contributed by atoms with Crippen LogP contribution in [0.2, 0.25) is 0 Å². The number of carboxylic acid groups (broad SMARTS) is 1. The molecule has 203 valence electrons. The van der Waals surface area contributed by atoms with Gasteiger partial charge in [-0.15, -0.1) is 0 Å². The monoisotopic (exact) mass is 498 g/mol. The van der Waals surface area contributed by atoms with Gasteiger partial charge in [0.1, 0.15) is 0 Å². The number of hydrogen-bond acceptors (Lipinski definition) is 2. The van der Waals surface area contributed by atoms with Crippen LogP contribution in [0.25, 0.3) is 0 Å². The molecule has 3 radical (unpaired) electrons. The van der Waals surface area contributed by atoms with Crippen LogP contribution in [0.3, 0.4) is 0 Å². The average molecular weight is 499 g/mol. The maximum absolute atomic E-state index is 14.3. The Morgan fingerprint density at radius 2 is 1.56 bits per heavy atom. The second-order valence-electron chi connectivity index (χ2n) is 15.3. The van der Waals surface area contributed by atoms with Crippen LogP contribution in [0, 0.1) is 56.2 Å². The van der Waals surface area contributed by atoms with Crippen LogP contribution in [0.1, 0.15) is 122 Å². The molecule has 9 atom stereocenters. The molecule has 0 bridgehead atoms. The SMILES string of the molecule is C.C[C@H]1CC[C@@]2(C)C(CC[C@]3(C)C2C(=O)C=C2[C@@H]4C[C@@](C)(C(=O)O)CC[C@]4(C)CCC23C)C1(C)C.[2HH].[B]. The molecule has 4 fully saturated rings. The van der Waals surface area contributed by atoms with Gasteiger partial charge in [-0.05, 0) is 116 Å². The third kappa shape index (κ3) is 3.43. The van der Waals surface area contributed by atoms with E-state index in [0.717, 1.165) is 38.5 Å². The third-order valence-corrected chi connectivity index (χ3v) is 13.6. The zero-order chi connectivity index (χ0) is 25.1. The zero-order valence-electron chi connectivity index (χ0n) is 23.6. The third-order valence-electron chi connectivity index (χ3n) is 13.6. The summed E-state index contributed by atoms with van der Waals surface area (Å²) in [6, 6.07) is 0. The Labute approximate surface area is 224 Å². The highest BCUT2D eigenvalue weighted by Crippen LogP contribution is 2.75. The van der Waals surface area contributed by atoms with Gasteiger partial charge in [0.25, 0.3) is 0 Å². The lowest BCUT2D eigenvalue weighted by Crippen LogP contribution is -2.66. The topological polar surface area (TPSA) is 54.4 Å². The first-order valence-electron chi connectivity index (χ1n) is 14.0. The summed E-state index contributed by atoms with van der Waals surface area (Å²) in [6.07, 6.45) is 11.5. The van der Waals surface area contributed by atoms with Gasteiger partial charge in [-0.2, -0.15) is 0 Å². The summed E-state index contributed by atoms with van der Waals surface area (Å²) in [6.45, 7) is 19.0. The van der Waals surface area contributed by atoms with Gasteiger partial charge in [-0.25, -0.2) is 0 Å². The molecule has 0 aromatic carbocycles. The van der Waals surface area contributed by atoms with Crippen molar-refractivity contribution in [3.63, 3.8) is 0 Å². The molecule has 0 aromatic rings. The van der Waals surface area contributed by atoms with E-state index in [1.54, 1.807) is 0 Å². The minimum absolute atomic E-state index is 0. The minimum atomic E-state index is -0.683. The summed E-state index contributed by atoms with van der Waals surface area (Å²) in [4.78, 5) is 26.5. The summed E-state index contributed by atoms with van der Waals surface area (Å²) in [7, 11) is 0. The van der Waals surface area contributed by atoms with E-state index in [9.17, 15) is 14.7 Å². The van der Waals surface area contributed by atoms with Crippen LogP contribution < -0.4 is 0 Å².